The number of carboxylic acids is 1. The molecule has 0 saturated heterocycles. The number of ether oxygens (including phenoxy) is 1. The Kier molecular flexibility index (Phi) is 4.94. The molecule has 2 heterocycles. The highest BCUT2D eigenvalue weighted by Gasteiger charge is 2.47. The highest BCUT2D eigenvalue weighted by Crippen LogP contribution is 2.53. The van der Waals surface area contributed by atoms with Gasteiger partial charge in [0.1, 0.15) is 23.6 Å². The summed E-state index contributed by atoms with van der Waals surface area (Å²) in [6.45, 7) is 7.94. The molecule has 1 aromatic carbocycles. The van der Waals surface area contributed by atoms with E-state index in [1.54, 1.807) is 7.11 Å². The molecule has 30 heavy (non-hydrogen) atoms. The summed E-state index contributed by atoms with van der Waals surface area (Å²) in [6, 6.07) is 11.9. The van der Waals surface area contributed by atoms with Gasteiger partial charge in [0.25, 0.3) is 0 Å². The summed E-state index contributed by atoms with van der Waals surface area (Å²) < 4.78 is 7.77. The first-order chi connectivity index (χ1) is 14.4. The van der Waals surface area contributed by atoms with Gasteiger partial charge in [-0.3, -0.25) is 4.79 Å². The maximum atomic E-state index is 11.5. The Morgan fingerprint density at radius 1 is 1.20 bits per heavy atom. The third kappa shape index (κ3) is 2.91. The summed E-state index contributed by atoms with van der Waals surface area (Å²) in [7, 11) is 1.65. The van der Waals surface area contributed by atoms with Crippen LogP contribution >= 0.6 is 0 Å². The van der Waals surface area contributed by atoms with Crippen molar-refractivity contribution in [2.75, 3.05) is 13.7 Å². The Hall–Kier alpha value is -3.41. The number of para-hydroxylation sites is 1. The van der Waals surface area contributed by atoms with Crippen molar-refractivity contribution in [3.8, 4) is 17.0 Å². The number of nitrogens with one attached hydrogen (secondary N) is 1. The van der Waals surface area contributed by atoms with Gasteiger partial charge in [-0.25, -0.2) is 0 Å². The van der Waals surface area contributed by atoms with Crippen molar-refractivity contribution in [1.82, 2.24) is 9.88 Å². The molecule has 1 aliphatic carbocycles. The number of rotatable bonds is 6. The topological polar surface area (TPSA) is 83.7 Å². The fourth-order valence-corrected chi connectivity index (χ4v) is 4.83. The zero-order valence-electron chi connectivity index (χ0n) is 17.1. The molecule has 1 saturated carbocycles. The molecule has 0 bridgehead atoms. The number of hydrogen-bond acceptors (Lipinski definition) is 4. The average Bonchev–Trinajstić information content (AvgIpc) is 3.39. The maximum absolute atomic E-state index is 11.5. The van der Waals surface area contributed by atoms with Gasteiger partial charge in [0.15, 0.2) is 0 Å². The van der Waals surface area contributed by atoms with Gasteiger partial charge in [0, 0.05) is 28.1 Å². The van der Waals surface area contributed by atoms with E-state index < -0.39 is 11.5 Å². The second kappa shape index (κ2) is 7.44. The molecule has 0 amide bonds. The van der Waals surface area contributed by atoms with Crippen molar-refractivity contribution in [3.05, 3.63) is 72.3 Å². The Morgan fingerprint density at radius 3 is 2.53 bits per heavy atom. The van der Waals surface area contributed by atoms with Crippen molar-refractivity contribution in [3.63, 3.8) is 0 Å². The molecule has 2 aliphatic rings. The van der Waals surface area contributed by atoms with Gasteiger partial charge in [0.05, 0.1) is 12.8 Å². The number of aliphatic carboxylic acids is 1. The summed E-state index contributed by atoms with van der Waals surface area (Å²) in [5.74, 6) is -0.0261. The minimum absolute atomic E-state index is 0.202. The lowest BCUT2D eigenvalue weighted by Crippen LogP contribution is -2.39. The van der Waals surface area contributed by atoms with Crippen molar-refractivity contribution < 1.29 is 19.7 Å². The number of benzene rings is 1. The van der Waals surface area contributed by atoms with Crippen LogP contribution in [-0.4, -0.2) is 34.4 Å². The van der Waals surface area contributed by atoms with E-state index >= 15 is 0 Å². The average molecular weight is 406 g/mol. The number of aliphatic hydroxyl groups excluding tert-OH is 1. The van der Waals surface area contributed by atoms with Crippen LogP contribution in [0.25, 0.3) is 16.8 Å². The molecule has 4 rings (SSSR count). The molecule has 156 valence electrons. The highest BCUT2D eigenvalue weighted by atomic mass is 16.5. The first-order valence-corrected chi connectivity index (χ1v) is 10.0. The van der Waals surface area contributed by atoms with Crippen molar-refractivity contribution in [2.24, 2.45) is 0 Å². The van der Waals surface area contributed by atoms with Crippen molar-refractivity contribution >= 4 is 11.5 Å². The van der Waals surface area contributed by atoms with Gasteiger partial charge < -0.3 is 24.8 Å². The van der Waals surface area contributed by atoms with Gasteiger partial charge in [-0.05, 0) is 37.1 Å². The molecule has 3 N–H and O–H groups in total. The molecule has 2 aromatic rings. The predicted octanol–water partition coefficient (Wildman–Crippen LogP) is 4.46. The van der Waals surface area contributed by atoms with Crippen LogP contribution < -0.4 is 10.1 Å². The molecule has 1 aromatic heterocycles. The van der Waals surface area contributed by atoms with Crippen molar-refractivity contribution in [2.45, 2.75) is 31.2 Å². The molecule has 0 radical (unpaired) electrons. The van der Waals surface area contributed by atoms with Crippen LogP contribution in [-0.2, 0) is 10.3 Å². The summed E-state index contributed by atoms with van der Waals surface area (Å²) in [6.07, 6.45) is 3.54. The third-order valence-electron chi connectivity index (χ3n) is 6.17. The minimum atomic E-state index is -0.991. The van der Waals surface area contributed by atoms with Crippen LogP contribution in [0, 0.1) is 0 Å². The lowest BCUT2D eigenvalue weighted by molar-refractivity contribution is -0.135. The molecule has 6 nitrogen and oxygen atoms in total. The highest BCUT2D eigenvalue weighted by molar-refractivity contribution is 5.86. The SMILES string of the molecule is C=C(NCC(=O)O)C1=C(O)C2(CCCC2)n2c(ccc2-c2ccccc2OC)C1=C. The lowest BCUT2D eigenvalue weighted by atomic mass is 9.82. The minimum Gasteiger partial charge on any atom is -0.509 e. The number of hydrogen-bond donors (Lipinski definition) is 3. The van der Waals surface area contributed by atoms with E-state index in [0.29, 0.717) is 16.8 Å². The number of carbonyl (C=O) groups is 1. The summed E-state index contributed by atoms with van der Waals surface area (Å²) in [5.41, 5.74) is 3.69. The standard InChI is InChI=1S/C24H26N2O4/c1-15-18-10-11-19(17-8-4-5-9-20(17)30-3)26(18)24(12-6-7-13-24)23(29)22(15)16(2)25-14-21(27)28/h4-5,8-11,25,29H,1-2,6-7,12-14H2,3H3,(H,27,28). The van der Waals surface area contributed by atoms with Crippen LogP contribution in [0.2, 0.25) is 0 Å². The molecule has 6 heteroatoms. The van der Waals surface area contributed by atoms with Crippen LogP contribution in [0.4, 0.5) is 0 Å². The van der Waals surface area contributed by atoms with Crippen LogP contribution in [0.15, 0.2) is 66.6 Å². The van der Waals surface area contributed by atoms with E-state index in [9.17, 15) is 9.90 Å². The number of allylic oxidation sites excluding steroid dienone is 2. The fourth-order valence-electron chi connectivity index (χ4n) is 4.83. The Balaban J connectivity index is 1.89. The molecule has 1 aliphatic heterocycles. The number of carboxylic acid groups (broad SMARTS) is 1. The Bertz CT molecular complexity index is 1070. The first kappa shape index (κ1) is 19.9. The van der Waals surface area contributed by atoms with Crippen LogP contribution in [0.1, 0.15) is 31.4 Å². The van der Waals surface area contributed by atoms with Gasteiger partial charge in [-0.2, -0.15) is 0 Å². The van der Waals surface area contributed by atoms with Crippen molar-refractivity contribution in [1.29, 1.82) is 0 Å². The monoisotopic (exact) mass is 406 g/mol. The lowest BCUT2D eigenvalue weighted by Gasteiger charge is -2.40. The van der Waals surface area contributed by atoms with E-state index in [2.05, 4.69) is 23.0 Å². The largest absolute Gasteiger partial charge is 0.509 e. The van der Waals surface area contributed by atoms with Gasteiger partial charge in [-0.1, -0.05) is 38.1 Å². The van der Waals surface area contributed by atoms with E-state index in [-0.39, 0.29) is 12.3 Å². The summed E-state index contributed by atoms with van der Waals surface area (Å²) in [5, 5.41) is 23.3. The number of nitrogens with zero attached hydrogens (tertiary/aromatic N) is 1. The van der Waals surface area contributed by atoms with Crippen LogP contribution in [0.3, 0.4) is 0 Å². The number of fused-ring (bicyclic) bond motifs is 2. The van der Waals surface area contributed by atoms with E-state index in [4.69, 9.17) is 9.84 Å². The summed E-state index contributed by atoms with van der Waals surface area (Å²) in [4.78, 5) is 11.0. The quantitative estimate of drug-likeness (QED) is 0.660. The normalized spacial score (nSPS) is 17.2. The zero-order chi connectivity index (χ0) is 21.5. The molecule has 1 fully saturated rings. The maximum Gasteiger partial charge on any atom is 0.322 e. The molecule has 1 spiro atoms. The second-order valence-electron chi connectivity index (χ2n) is 7.81. The molecule has 0 unspecified atom stereocenters. The number of aliphatic hydroxyl groups is 1. The second-order valence-corrected chi connectivity index (χ2v) is 7.81. The first-order valence-electron chi connectivity index (χ1n) is 10.0. The smallest absolute Gasteiger partial charge is 0.322 e. The Morgan fingerprint density at radius 2 is 1.87 bits per heavy atom. The zero-order valence-corrected chi connectivity index (χ0v) is 17.1. The van der Waals surface area contributed by atoms with E-state index in [0.717, 1.165) is 48.4 Å². The third-order valence-corrected chi connectivity index (χ3v) is 6.17. The van der Waals surface area contributed by atoms with Gasteiger partial charge >= 0.3 is 5.97 Å². The van der Waals surface area contributed by atoms with Gasteiger partial charge in [0.2, 0.25) is 0 Å². The van der Waals surface area contributed by atoms with Gasteiger partial charge in [-0.15, -0.1) is 0 Å². The number of aromatic nitrogens is 1. The molecular formula is C24H26N2O4. The fraction of sp³-hybridized carbons (Fsp3) is 0.292. The van der Waals surface area contributed by atoms with E-state index in [1.165, 1.54) is 0 Å². The molecular weight excluding hydrogens is 380 g/mol. The Labute approximate surface area is 175 Å². The van der Waals surface area contributed by atoms with E-state index in [1.807, 2.05) is 36.4 Å². The number of methoxy groups -OCH3 is 1. The summed E-state index contributed by atoms with van der Waals surface area (Å²) >= 11 is 0. The molecule has 0 atom stereocenters. The predicted molar refractivity (Wildman–Crippen MR) is 116 cm³/mol. The van der Waals surface area contributed by atoms with Crippen LogP contribution in [0.5, 0.6) is 5.75 Å².